The van der Waals surface area contributed by atoms with Crippen molar-refractivity contribution >= 4 is 17.3 Å². The van der Waals surface area contributed by atoms with Crippen LogP contribution in [0.5, 0.6) is 0 Å². The minimum Gasteiger partial charge on any atom is -0.383 e. The Balaban J connectivity index is 1.97. The Labute approximate surface area is 103 Å². The number of hydrogen-bond acceptors (Lipinski definition) is 7. The second kappa shape index (κ2) is 3.80. The third-order valence-electron chi connectivity index (χ3n) is 2.92. The molecule has 18 heavy (non-hydrogen) atoms. The average Bonchev–Trinajstić information content (AvgIpc) is 3.07. The fraction of sp³-hybridized carbons (Fsp3) is 0.273. The maximum atomic E-state index is 8.06. The van der Waals surface area contributed by atoms with E-state index in [0.717, 1.165) is 18.6 Å². The summed E-state index contributed by atoms with van der Waals surface area (Å²) in [7, 11) is 0. The Bertz CT molecular complexity index is 595. The molecule has 0 bridgehead atoms. The third kappa shape index (κ3) is 1.69. The molecule has 5 N–H and O–H groups in total. The molecule has 0 aliphatic heterocycles. The van der Waals surface area contributed by atoms with Crippen LogP contribution in [0.25, 0.3) is 0 Å². The molecule has 0 radical (unpaired) electrons. The molecule has 0 unspecified atom stereocenters. The van der Waals surface area contributed by atoms with Crippen LogP contribution in [0, 0.1) is 5.41 Å². The molecule has 7 nitrogen and oxygen atoms in total. The monoisotopic (exact) mass is 244 g/mol. The molecular formula is C11H12N6O. The highest BCUT2D eigenvalue weighted by Gasteiger charge is 2.29. The van der Waals surface area contributed by atoms with E-state index in [1.807, 2.05) is 0 Å². The van der Waals surface area contributed by atoms with Crippen molar-refractivity contribution in [3.63, 3.8) is 0 Å². The Morgan fingerprint density at radius 3 is 2.56 bits per heavy atom. The highest BCUT2D eigenvalue weighted by Crippen LogP contribution is 2.40. The van der Waals surface area contributed by atoms with Crippen molar-refractivity contribution in [1.82, 2.24) is 15.1 Å². The Hall–Kier alpha value is -2.44. The summed E-state index contributed by atoms with van der Waals surface area (Å²) in [6.07, 6.45) is 3.49. The first-order valence-electron chi connectivity index (χ1n) is 5.58. The number of hydrogen-bond donors (Lipinski definition) is 3. The second-order valence-corrected chi connectivity index (χ2v) is 4.28. The molecule has 3 rings (SSSR count). The molecule has 1 aliphatic carbocycles. The quantitative estimate of drug-likeness (QED) is 0.689. The number of nitrogen functional groups attached to an aromatic ring is 2. The first-order valence-corrected chi connectivity index (χ1v) is 5.58. The molecule has 92 valence electrons. The molecular weight excluding hydrogens is 232 g/mol. The van der Waals surface area contributed by atoms with E-state index in [1.54, 1.807) is 6.07 Å². The van der Waals surface area contributed by atoms with E-state index >= 15 is 0 Å². The van der Waals surface area contributed by atoms with Crippen molar-refractivity contribution in [2.45, 2.75) is 18.8 Å². The Morgan fingerprint density at radius 1 is 1.28 bits per heavy atom. The molecule has 0 amide bonds. The third-order valence-corrected chi connectivity index (χ3v) is 2.92. The van der Waals surface area contributed by atoms with Crippen molar-refractivity contribution in [3.05, 3.63) is 29.4 Å². The molecule has 0 atom stereocenters. The topological polar surface area (TPSA) is 128 Å². The minimum absolute atomic E-state index is 0.0845. The van der Waals surface area contributed by atoms with Crippen molar-refractivity contribution in [2.75, 3.05) is 11.5 Å². The van der Waals surface area contributed by atoms with Gasteiger partial charge in [0.2, 0.25) is 0 Å². The number of aromatic nitrogens is 3. The number of nitrogens with zero attached hydrogens (tertiary/aromatic N) is 3. The number of nitrogens with one attached hydrogen (secondary N) is 1. The van der Waals surface area contributed by atoms with Crippen LogP contribution in [0.4, 0.5) is 11.6 Å². The van der Waals surface area contributed by atoms with Crippen molar-refractivity contribution in [2.24, 2.45) is 0 Å². The molecule has 0 saturated heterocycles. The molecule has 2 heterocycles. The summed E-state index contributed by atoms with van der Waals surface area (Å²) in [6, 6.07) is 1.76. The van der Waals surface area contributed by atoms with Gasteiger partial charge in [-0.25, -0.2) is 9.97 Å². The molecule has 2 aromatic rings. The van der Waals surface area contributed by atoms with Gasteiger partial charge in [0.15, 0.2) is 0 Å². The lowest BCUT2D eigenvalue weighted by atomic mass is 10.1. The smallest absolute Gasteiger partial charge is 0.140 e. The molecule has 2 aromatic heterocycles. The zero-order valence-corrected chi connectivity index (χ0v) is 9.55. The van der Waals surface area contributed by atoms with Gasteiger partial charge in [-0.15, -0.1) is 0 Å². The lowest BCUT2D eigenvalue weighted by Crippen LogP contribution is -2.12. The average molecular weight is 244 g/mol. The van der Waals surface area contributed by atoms with E-state index < -0.39 is 0 Å². The fourth-order valence-electron chi connectivity index (χ4n) is 1.77. The predicted octanol–water partition coefficient (Wildman–Crippen LogP) is 0.923. The van der Waals surface area contributed by atoms with Crippen molar-refractivity contribution < 1.29 is 4.52 Å². The largest absolute Gasteiger partial charge is 0.383 e. The minimum atomic E-state index is 0.0845. The normalized spacial score (nSPS) is 14.7. The van der Waals surface area contributed by atoms with Crippen LogP contribution in [-0.4, -0.2) is 20.8 Å². The summed E-state index contributed by atoms with van der Waals surface area (Å²) in [5.41, 5.74) is 12.2. The van der Waals surface area contributed by atoms with Gasteiger partial charge in [0.25, 0.3) is 0 Å². The van der Waals surface area contributed by atoms with Crippen LogP contribution < -0.4 is 11.5 Å². The van der Waals surface area contributed by atoms with Crippen molar-refractivity contribution in [1.29, 1.82) is 5.41 Å². The fourth-order valence-corrected chi connectivity index (χ4v) is 1.77. The number of nitrogens with two attached hydrogens (primary N) is 2. The van der Waals surface area contributed by atoms with E-state index in [1.165, 1.54) is 6.33 Å². The first-order chi connectivity index (χ1) is 8.66. The molecule has 0 spiro atoms. The maximum Gasteiger partial charge on any atom is 0.140 e. The highest BCUT2D eigenvalue weighted by molar-refractivity contribution is 6.14. The zero-order valence-electron chi connectivity index (χ0n) is 9.55. The van der Waals surface area contributed by atoms with Crippen LogP contribution in [0.3, 0.4) is 0 Å². The van der Waals surface area contributed by atoms with Gasteiger partial charge in [-0.2, -0.15) is 0 Å². The van der Waals surface area contributed by atoms with Gasteiger partial charge in [-0.3, -0.25) is 5.41 Å². The van der Waals surface area contributed by atoms with Crippen LogP contribution in [0.2, 0.25) is 0 Å². The van der Waals surface area contributed by atoms with Gasteiger partial charge < -0.3 is 16.0 Å². The number of rotatable bonds is 3. The summed E-state index contributed by atoms with van der Waals surface area (Å²) in [5, 5.41) is 11.9. The summed E-state index contributed by atoms with van der Waals surface area (Å²) in [5.74, 6) is 1.59. The molecule has 1 fully saturated rings. The van der Waals surface area contributed by atoms with E-state index in [2.05, 4.69) is 15.1 Å². The zero-order chi connectivity index (χ0) is 12.7. The van der Waals surface area contributed by atoms with Gasteiger partial charge in [0, 0.05) is 12.0 Å². The standard InChI is InChI=1S/C11H12N6O/c12-9(8-10(13)15-4-16-11(8)14)6-3-7(18-17-6)5-1-2-5/h3-5,12H,1-2H2,(H4,13,14,15,16). The number of anilines is 2. The molecule has 1 aliphatic rings. The van der Waals surface area contributed by atoms with Crippen molar-refractivity contribution in [3.8, 4) is 0 Å². The summed E-state index contributed by atoms with van der Waals surface area (Å²) in [6.45, 7) is 0. The SMILES string of the molecule is N=C(c1cc(C2CC2)on1)c1c(N)ncnc1N. The predicted molar refractivity (Wildman–Crippen MR) is 65.3 cm³/mol. The van der Waals surface area contributed by atoms with Crippen LogP contribution in [0.15, 0.2) is 16.9 Å². The highest BCUT2D eigenvalue weighted by atomic mass is 16.5. The Morgan fingerprint density at radius 2 is 1.94 bits per heavy atom. The van der Waals surface area contributed by atoms with E-state index in [-0.39, 0.29) is 17.3 Å². The summed E-state index contributed by atoms with van der Waals surface area (Å²) in [4.78, 5) is 7.66. The van der Waals surface area contributed by atoms with Gasteiger partial charge in [0.05, 0.1) is 11.3 Å². The van der Waals surface area contributed by atoms with Crippen LogP contribution in [0.1, 0.15) is 35.8 Å². The van der Waals surface area contributed by atoms with Crippen LogP contribution in [-0.2, 0) is 0 Å². The molecule has 7 heteroatoms. The first kappa shape index (κ1) is 10.7. The van der Waals surface area contributed by atoms with Gasteiger partial charge in [0.1, 0.15) is 29.4 Å². The lowest BCUT2D eigenvalue weighted by molar-refractivity contribution is 0.383. The maximum absolute atomic E-state index is 8.06. The second-order valence-electron chi connectivity index (χ2n) is 4.28. The van der Waals surface area contributed by atoms with E-state index in [4.69, 9.17) is 21.4 Å². The lowest BCUT2D eigenvalue weighted by Gasteiger charge is -2.05. The van der Waals surface area contributed by atoms with E-state index in [0.29, 0.717) is 17.2 Å². The molecule has 1 saturated carbocycles. The van der Waals surface area contributed by atoms with Gasteiger partial charge >= 0.3 is 0 Å². The van der Waals surface area contributed by atoms with Gasteiger partial charge in [-0.05, 0) is 12.8 Å². The Kier molecular flexibility index (Phi) is 2.26. The van der Waals surface area contributed by atoms with Crippen LogP contribution >= 0.6 is 0 Å². The van der Waals surface area contributed by atoms with Gasteiger partial charge in [-0.1, -0.05) is 5.16 Å². The van der Waals surface area contributed by atoms with E-state index in [9.17, 15) is 0 Å². The summed E-state index contributed by atoms with van der Waals surface area (Å²) >= 11 is 0. The molecule has 0 aromatic carbocycles. The summed E-state index contributed by atoms with van der Waals surface area (Å²) < 4.78 is 5.20.